The van der Waals surface area contributed by atoms with Crippen LogP contribution in [0.3, 0.4) is 0 Å². The molecule has 0 fully saturated rings. The minimum atomic E-state index is -3.58. The first-order valence-electron chi connectivity index (χ1n) is 5.96. The van der Waals surface area contributed by atoms with Crippen LogP contribution in [0.1, 0.15) is 18.1 Å². The first-order chi connectivity index (χ1) is 8.68. The molecular formula is C13H21NO3S2. The summed E-state index contributed by atoms with van der Waals surface area (Å²) in [6.07, 6.45) is 1.87. The highest BCUT2D eigenvalue weighted by molar-refractivity contribution is 7.98. The molecule has 0 radical (unpaired) electrons. The molecule has 0 aliphatic heterocycles. The predicted molar refractivity (Wildman–Crippen MR) is 80.1 cm³/mol. The molecule has 2 N–H and O–H groups in total. The van der Waals surface area contributed by atoms with Gasteiger partial charge >= 0.3 is 0 Å². The number of hydrogen-bond acceptors (Lipinski definition) is 4. The third-order valence-corrected chi connectivity index (χ3v) is 5.19. The summed E-state index contributed by atoms with van der Waals surface area (Å²) >= 11 is 1.48. The van der Waals surface area contributed by atoms with Crippen molar-refractivity contribution in [2.75, 3.05) is 18.6 Å². The normalized spacial score (nSPS) is 15.2. The fraction of sp³-hybridized carbons (Fsp3) is 0.538. The van der Waals surface area contributed by atoms with E-state index in [1.807, 2.05) is 19.2 Å². The summed E-state index contributed by atoms with van der Waals surface area (Å²) in [5.74, 6) is 0.475. The molecule has 1 rings (SSSR count). The Kier molecular flexibility index (Phi) is 5.43. The number of aliphatic hydroxyl groups is 1. The van der Waals surface area contributed by atoms with Crippen molar-refractivity contribution < 1.29 is 13.5 Å². The van der Waals surface area contributed by atoms with Gasteiger partial charge in [0, 0.05) is 12.3 Å². The molecule has 0 amide bonds. The van der Waals surface area contributed by atoms with Crippen molar-refractivity contribution in [3.05, 3.63) is 29.3 Å². The van der Waals surface area contributed by atoms with Gasteiger partial charge in [-0.2, -0.15) is 11.8 Å². The molecule has 1 aromatic carbocycles. The molecule has 6 heteroatoms. The molecule has 4 nitrogen and oxygen atoms in total. The van der Waals surface area contributed by atoms with E-state index in [0.29, 0.717) is 11.3 Å². The van der Waals surface area contributed by atoms with Gasteiger partial charge in [0.15, 0.2) is 0 Å². The van der Waals surface area contributed by atoms with Gasteiger partial charge in [-0.25, -0.2) is 13.1 Å². The summed E-state index contributed by atoms with van der Waals surface area (Å²) in [7, 11) is -3.58. The third-order valence-electron chi connectivity index (χ3n) is 2.72. The summed E-state index contributed by atoms with van der Waals surface area (Å²) in [5.41, 5.74) is 0.674. The average Bonchev–Trinajstić information content (AvgIpc) is 2.26. The second kappa shape index (κ2) is 6.26. The maximum atomic E-state index is 12.2. The molecule has 0 aliphatic rings. The van der Waals surface area contributed by atoms with E-state index in [4.69, 9.17) is 0 Å². The molecule has 1 aromatic rings. The zero-order valence-corrected chi connectivity index (χ0v) is 13.4. The van der Waals surface area contributed by atoms with Crippen LogP contribution in [-0.2, 0) is 10.0 Å². The molecule has 108 valence electrons. The number of thioether (sulfide) groups is 1. The van der Waals surface area contributed by atoms with Crippen LogP contribution < -0.4 is 4.72 Å². The Labute approximate surface area is 119 Å². The largest absolute Gasteiger partial charge is 0.388 e. The Balaban J connectivity index is 2.87. The minimum Gasteiger partial charge on any atom is -0.388 e. The van der Waals surface area contributed by atoms with Crippen molar-refractivity contribution in [3.63, 3.8) is 0 Å². The van der Waals surface area contributed by atoms with Gasteiger partial charge in [-0.15, -0.1) is 0 Å². The van der Waals surface area contributed by atoms with E-state index in [1.54, 1.807) is 26.0 Å². The Hall–Kier alpha value is -0.560. The lowest BCUT2D eigenvalue weighted by Gasteiger charge is -2.22. The number of aryl methyl sites for hydroxylation is 2. The van der Waals surface area contributed by atoms with Gasteiger partial charge in [-0.3, -0.25) is 0 Å². The van der Waals surface area contributed by atoms with E-state index >= 15 is 0 Å². The lowest BCUT2D eigenvalue weighted by atomic mass is 10.1. The van der Waals surface area contributed by atoms with Crippen molar-refractivity contribution >= 4 is 21.8 Å². The SMILES string of the molecule is CSCC(C)(O)CNS(=O)(=O)c1ccc(C)cc1C. The average molecular weight is 303 g/mol. The zero-order valence-electron chi connectivity index (χ0n) is 11.7. The molecule has 0 aromatic heterocycles. The smallest absolute Gasteiger partial charge is 0.240 e. The summed E-state index contributed by atoms with van der Waals surface area (Å²) in [5, 5.41) is 9.99. The second-order valence-corrected chi connectivity index (χ2v) is 7.62. The van der Waals surface area contributed by atoms with Crippen LogP contribution in [0.2, 0.25) is 0 Å². The van der Waals surface area contributed by atoms with Crippen LogP contribution in [0.25, 0.3) is 0 Å². The monoisotopic (exact) mass is 303 g/mol. The first kappa shape index (κ1) is 16.5. The molecule has 1 atom stereocenters. The molecule has 0 saturated carbocycles. The fourth-order valence-corrected chi connectivity index (χ4v) is 3.90. The van der Waals surface area contributed by atoms with E-state index in [1.165, 1.54) is 11.8 Å². The van der Waals surface area contributed by atoms with Gasteiger partial charge in [0.25, 0.3) is 0 Å². The van der Waals surface area contributed by atoms with E-state index < -0.39 is 15.6 Å². The quantitative estimate of drug-likeness (QED) is 0.839. The number of nitrogens with one attached hydrogen (secondary N) is 1. The van der Waals surface area contributed by atoms with Gasteiger partial charge in [0.05, 0.1) is 10.5 Å². The highest BCUT2D eigenvalue weighted by Crippen LogP contribution is 2.17. The van der Waals surface area contributed by atoms with Crippen LogP contribution in [0.4, 0.5) is 0 Å². The minimum absolute atomic E-state index is 0.00346. The summed E-state index contributed by atoms with van der Waals surface area (Å²) in [6.45, 7) is 5.30. The van der Waals surface area contributed by atoms with E-state index in [-0.39, 0.29) is 11.4 Å². The van der Waals surface area contributed by atoms with Gasteiger partial charge in [-0.1, -0.05) is 17.7 Å². The molecule has 0 bridgehead atoms. The number of sulfonamides is 1. The molecule has 0 spiro atoms. The van der Waals surface area contributed by atoms with E-state index in [9.17, 15) is 13.5 Å². The second-order valence-electron chi connectivity index (χ2n) is 5.02. The number of rotatable bonds is 6. The molecular weight excluding hydrogens is 282 g/mol. The van der Waals surface area contributed by atoms with Crippen LogP contribution >= 0.6 is 11.8 Å². The summed E-state index contributed by atoms with van der Waals surface area (Å²) < 4.78 is 26.8. The highest BCUT2D eigenvalue weighted by atomic mass is 32.2. The van der Waals surface area contributed by atoms with Crippen molar-refractivity contribution in [2.24, 2.45) is 0 Å². The molecule has 1 unspecified atom stereocenters. The van der Waals surface area contributed by atoms with Crippen molar-refractivity contribution in [1.82, 2.24) is 4.72 Å². The van der Waals surface area contributed by atoms with Crippen molar-refractivity contribution in [3.8, 4) is 0 Å². The number of hydrogen-bond donors (Lipinski definition) is 2. The highest BCUT2D eigenvalue weighted by Gasteiger charge is 2.24. The Morgan fingerprint density at radius 1 is 1.37 bits per heavy atom. The zero-order chi connectivity index (χ0) is 14.7. The summed E-state index contributed by atoms with van der Waals surface area (Å²) in [6, 6.07) is 5.19. The Bertz CT molecular complexity index is 539. The number of benzene rings is 1. The lowest BCUT2D eigenvalue weighted by Crippen LogP contribution is -2.42. The van der Waals surface area contributed by atoms with E-state index in [2.05, 4.69) is 4.72 Å². The third kappa shape index (κ3) is 4.80. The van der Waals surface area contributed by atoms with Gasteiger partial charge in [-0.05, 0) is 38.7 Å². The first-order valence-corrected chi connectivity index (χ1v) is 8.84. The Morgan fingerprint density at radius 3 is 2.53 bits per heavy atom. The molecule has 0 saturated heterocycles. The lowest BCUT2D eigenvalue weighted by molar-refractivity contribution is 0.0908. The fourth-order valence-electron chi connectivity index (χ4n) is 1.79. The van der Waals surface area contributed by atoms with Crippen LogP contribution in [0.15, 0.2) is 23.1 Å². The Morgan fingerprint density at radius 2 is 2.00 bits per heavy atom. The van der Waals surface area contributed by atoms with Crippen LogP contribution in [0.5, 0.6) is 0 Å². The molecule has 19 heavy (non-hydrogen) atoms. The standard InChI is InChI=1S/C13H21NO3S2/c1-10-5-6-12(11(2)7-10)19(16,17)14-8-13(3,15)9-18-4/h5-7,14-15H,8-9H2,1-4H3. The van der Waals surface area contributed by atoms with Crippen molar-refractivity contribution in [1.29, 1.82) is 0 Å². The maximum Gasteiger partial charge on any atom is 0.240 e. The van der Waals surface area contributed by atoms with Gasteiger partial charge in [0.2, 0.25) is 10.0 Å². The van der Waals surface area contributed by atoms with Crippen LogP contribution in [-0.4, -0.2) is 37.7 Å². The molecule has 0 heterocycles. The van der Waals surface area contributed by atoms with Crippen molar-refractivity contribution in [2.45, 2.75) is 31.3 Å². The topological polar surface area (TPSA) is 66.4 Å². The van der Waals surface area contributed by atoms with Gasteiger partial charge < -0.3 is 5.11 Å². The van der Waals surface area contributed by atoms with Crippen LogP contribution in [0, 0.1) is 13.8 Å². The maximum absolute atomic E-state index is 12.2. The van der Waals surface area contributed by atoms with Gasteiger partial charge in [0.1, 0.15) is 0 Å². The summed E-state index contributed by atoms with van der Waals surface area (Å²) in [4.78, 5) is 0.262. The predicted octanol–water partition coefficient (Wildman–Crippen LogP) is 1.70. The van der Waals surface area contributed by atoms with E-state index in [0.717, 1.165) is 5.56 Å². The molecule has 0 aliphatic carbocycles.